The van der Waals surface area contributed by atoms with Gasteiger partial charge in [0.1, 0.15) is 0 Å². The van der Waals surface area contributed by atoms with Gasteiger partial charge in [0.2, 0.25) is 17.5 Å². The molecule has 0 aliphatic rings. The molecule has 0 fully saturated rings. The van der Waals surface area contributed by atoms with Gasteiger partial charge in [-0.1, -0.05) is 12.1 Å². The molecule has 2 rings (SSSR count). The van der Waals surface area contributed by atoms with E-state index in [9.17, 15) is 0 Å². The minimum Gasteiger partial charge on any atom is -0.493 e. The highest BCUT2D eigenvalue weighted by Crippen LogP contribution is 2.40. The van der Waals surface area contributed by atoms with Crippen LogP contribution in [0.4, 0.5) is 0 Å². The van der Waals surface area contributed by atoms with E-state index in [0.717, 1.165) is 5.56 Å². The van der Waals surface area contributed by atoms with E-state index in [1.54, 1.807) is 33.5 Å². The van der Waals surface area contributed by atoms with Crippen LogP contribution >= 0.6 is 0 Å². The summed E-state index contributed by atoms with van der Waals surface area (Å²) in [5.74, 6) is 2.73. The normalized spacial score (nSPS) is 10.3. The van der Waals surface area contributed by atoms with Gasteiger partial charge in [0.05, 0.1) is 21.3 Å². The molecule has 6 nitrogen and oxygen atoms in total. The van der Waals surface area contributed by atoms with Crippen LogP contribution in [0.2, 0.25) is 0 Å². The fraction of sp³-hybridized carbons (Fsp3) is 0.385. The molecular formula is C13H16N2O4. The molecule has 0 aliphatic heterocycles. The number of rotatable bonds is 5. The first kappa shape index (κ1) is 13.2. The van der Waals surface area contributed by atoms with Crippen molar-refractivity contribution in [3.05, 3.63) is 18.0 Å². The molecule has 0 amide bonds. The fourth-order valence-electron chi connectivity index (χ4n) is 1.73. The minimum absolute atomic E-state index is 0.496. The zero-order valence-corrected chi connectivity index (χ0v) is 11.4. The van der Waals surface area contributed by atoms with Gasteiger partial charge in [-0.15, -0.1) is 0 Å². The molecule has 6 heteroatoms. The van der Waals surface area contributed by atoms with Crippen LogP contribution in [0, 0.1) is 0 Å². The zero-order chi connectivity index (χ0) is 13.8. The van der Waals surface area contributed by atoms with E-state index in [4.69, 9.17) is 18.7 Å². The first-order valence-corrected chi connectivity index (χ1v) is 5.86. The number of nitrogens with zero attached hydrogens (tertiary/aromatic N) is 2. The number of hydrogen-bond acceptors (Lipinski definition) is 6. The van der Waals surface area contributed by atoms with Crippen molar-refractivity contribution in [2.75, 3.05) is 21.3 Å². The largest absolute Gasteiger partial charge is 0.493 e. The van der Waals surface area contributed by atoms with E-state index < -0.39 is 0 Å². The van der Waals surface area contributed by atoms with E-state index in [0.29, 0.717) is 35.4 Å². The molecular weight excluding hydrogens is 248 g/mol. The van der Waals surface area contributed by atoms with Gasteiger partial charge in [0, 0.05) is 12.0 Å². The van der Waals surface area contributed by atoms with Crippen molar-refractivity contribution in [3.8, 4) is 28.6 Å². The van der Waals surface area contributed by atoms with Crippen LogP contribution in [0.25, 0.3) is 11.4 Å². The van der Waals surface area contributed by atoms with Crippen LogP contribution in [0.15, 0.2) is 16.7 Å². The van der Waals surface area contributed by atoms with Crippen molar-refractivity contribution in [3.63, 3.8) is 0 Å². The van der Waals surface area contributed by atoms with Gasteiger partial charge < -0.3 is 18.7 Å². The Hall–Kier alpha value is -2.24. The third-order valence-electron chi connectivity index (χ3n) is 2.69. The number of methoxy groups -OCH3 is 3. The monoisotopic (exact) mass is 264 g/mol. The minimum atomic E-state index is 0.496. The predicted molar refractivity (Wildman–Crippen MR) is 68.8 cm³/mol. The van der Waals surface area contributed by atoms with Gasteiger partial charge in [0.25, 0.3) is 0 Å². The molecule has 0 N–H and O–H groups in total. The summed E-state index contributed by atoms with van der Waals surface area (Å²) in [4.78, 5) is 4.28. The molecule has 0 atom stereocenters. The quantitative estimate of drug-likeness (QED) is 0.825. The lowest BCUT2D eigenvalue weighted by Gasteiger charge is -2.12. The van der Waals surface area contributed by atoms with Crippen molar-refractivity contribution >= 4 is 0 Å². The van der Waals surface area contributed by atoms with Gasteiger partial charge >= 0.3 is 0 Å². The van der Waals surface area contributed by atoms with E-state index in [2.05, 4.69) is 10.1 Å². The lowest BCUT2D eigenvalue weighted by Crippen LogP contribution is -1.96. The number of aryl methyl sites for hydroxylation is 1. The summed E-state index contributed by atoms with van der Waals surface area (Å²) in [7, 11) is 4.69. The average molecular weight is 264 g/mol. The highest BCUT2D eigenvalue weighted by atomic mass is 16.5. The molecule has 102 valence electrons. The Morgan fingerprint density at radius 1 is 1.05 bits per heavy atom. The molecule has 0 unspecified atom stereocenters. The van der Waals surface area contributed by atoms with Crippen molar-refractivity contribution in [1.82, 2.24) is 10.1 Å². The Labute approximate surface area is 111 Å². The molecule has 19 heavy (non-hydrogen) atoms. The summed E-state index contributed by atoms with van der Waals surface area (Å²) < 4.78 is 20.9. The lowest BCUT2D eigenvalue weighted by molar-refractivity contribution is 0.324. The molecule has 1 heterocycles. The molecule has 0 saturated heterocycles. The van der Waals surface area contributed by atoms with Gasteiger partial charge in [-0.2, -0.15) is 4.98 Å². The topological polar surface area (TPSA) is 66.6 Å². The first-order chi connectivity index (χ1) is 9.23. The van der Waals surface area contributed by atoms with E-state index >= 15 is 0 Å². The summed E-state index contributed by atoms with van der Waals surface area (Å²) in [6.07, 6.45) is 0.692. The van der Waals surface area contributed by atoms with Crippen LogP contribution < -0.4 is 14.2 Å². The Bertz CT molecular complexity index is 541. The van der Waals surface area contributed by atoms with E-state index in [1.807, 2.05) is 6.92 Å². The van der Waals surface area contributed by atoms with Gasteiger partial charge in [-0.25, -0.2) is 0 Å². The van der Waals surface area contributed by atoms with Crippen LogP contribution in [0.5, 0.6) is 17.2 Å². The molecule has 0 radical (unpaired) electrons. The van der Waals surface area contributed by atoms with Crippen LogP contribution in [-0.2, 0) is 6.42 Å². The Morgan fingerprint density at radius 3 is 2.11 bits per heavy atom. The number of aromatic nitrogens is 2. The molecule has 0 spiro atoms. The van der Waals surface area contributed by atoms with E-state index in [1.165, 1.54) is 0 Å². The maximum absolute atomic E-state index is 5.28. The number of benzene rings is 1. The standard InChI is InChI=1S/C13H16N2O4/c1-5-11-14-13(15-19-11)8-6-9(16-2)12(18-4)10(7-8)17-3/h6-7H,5H2,1-4H3. The van der Waals surface area contributed by atoms with Crippen molar-refractivity contribution in [2.24, 2.45) is 0 Å². The summed E-state index contributed by atoms with van der Waals surface area (Å²) in [6, 6.07) is 3.57. The summed E-state index contributed by atoms with van der Waals surface area (Å²) in [5.41, 5.74) is 0.748. The molecule has 1 aromatic carbocycles. The summed E-state index contributed by atoms with van der Waals surface area (Å²) in [5, 5.41) is 3.93. The lowest BCUT2D eigenvalue weighted by atomic mass is 10.1. The highest BCUT2D eigenvalue weighted by molar-refractivity contribution is 5.66. The molecule has 2 aromatic rings. The molecule has 0 saturated carbocycles. The number of ether oxygens (including phenoxy) is 3. The maximum Gasteiger partial charge on any atom is 0.226 e. The molecule has 0 bridgehead atoms. The second kappa shape index (κ2) is 5.60. The first-order valence-electron chi connectivity index (χ1n) is 5.86. The summed E-state index contributed by atoms with van der Waals surface area (Å²) >= 11 is 0. The fourth-order valence-corrected chi connectivity index (χ4v) is 1.73. The van der Waals surface area contributed by atoms with E-state index in [-0.39, 0.29) is 0 Å². The maximum atomic E-state index is 5.28. The highest BCUT2D eigenvalue weighted by Gasteiger charge is 2.16. The van der Waals surface area contributed by atoms with Crippen LogP contribution in [-0.4, -0.2) is 31.5 Å². The zero-order valence-electron chi connectivity index (χ0n) is 11.4. The molecule has 0 aliphatic carbocycles. The van der Waals surface area contributed by atoms with Crippen molar-refractivity contribution in [2.45, 2.75) is 13.3 Å². The second-order valence-electron chi connectivity index (χ2n) is 3.78. The third kappa shape index (κ3) is 2.47. The molecule has 1 aromatic heterocycles. The Morgan fingerprint density at radius 2 is 1.68 bits per heavy atom. The van der Waals surface area contributed by atoms with Gasteiger partial charge in [-0.05, 0) is 12.1 Å². The van der Waals surface area contributed by atoms with Crippen molar-refractivity contribution in [1.29, 1.82) is 0 Å². The predicted octanol–water partition coefficient (Wildman–Crippen LogP) is 2.32. The van der Waals surface area contributed by atoms with Crippen molar-refractivity contribution < 1.29 is 18.7 Å². The Kier molecular flexibility index (Phi) is 3.89. The number of hydrogen-bond donors (Lipinski definition) is 0. The third-order valence-corrected chi connectivity index (χ3v) is 2.69. The van der Waals surface area contributed by atoms with Gasteiger partial charge in [0.15, 0.2) is 11.5 Å². The second-order valence-corrected chi connectivity index (χ2v) is 3.78. The van der Waals surface area contributed by atoms with Gasteiger partial charge in [-0.3, -0.25) is 0 Å². The van der Waals surface area contributed by atoms with Crippen LogP contribution in [0.1, 0.15) is 12.8 Å². The average Bonchev–Trinajstić information content (AvgIpc) is 2.94. The smallest absolute Gasteiger partial charge is 0.226 e. The summed E-state index contributed by atoms with van der Waals surface area (Å²) in [6.45, 7) is 1.95. The Balaban J connectivity index is 2.51. The van der Waals surface area contributed by atoms with Crippen LogP contribution in [0.3, 0.4) is 0 Å². The SMILES string of the molecule is CCc1nc(-c2cc(OC)c(OC)c(OC)c2)no1.